The van der Waals surface area contributed by atoms with Crippen LogP contribution < -0.4 is 10.6 Å². The smallest absolute Gasteiger partial charge is 0.307 e. The second-order valence-electron chi connectivity index (χ2n) is 4.76. The van der Waals surface area contributed by atoms with Crippen molar-refractivity contribution in [3.63, 3.8) is 0 Å². The van der Waals surface area contributed by atoms with E-state index in [-0.39, 0.29) is 6.03 Å². The Hall–Kier alpha value is -3.32. The lowest BCUT2D eigenvalue weighted by molar-refractivity contribution is 0.262. The molecule has 0 bridgehead atoms. The molecule has 0 heterocycles. The topological polar surface area (TPSA) is 64.9 Å². The van der Waals surface area contributed by atoms with E-state index in [1.54, 1.807) is 24.3 Å². The minimum absolute atomic E-state index is 0.376. The molecule has 0 aliphatic heterocycles. The van der Waals surface area contributed by atoms with Crippen molar-refractivity contribution in [3.8, 4) is 6.07 Å². The van der Waals surface area contributed by atoms with Crippen molar-refractivity contribution in [2.45, 2.75) is 0 Å². The van der Waals surface area contributed by atoms with Crippen LogP contribution in [0.5, 0.6) is 0 Å². The number of carbonyl (C=O) groups excluding carboxylic acids is 1. The number of nitriles is 1. The first-order chi connectivity index (χ1) is 10.8. The highest BCUT2D eigenvalue weighted by Crippen LogP contribution is 2.23. The second-order valence-corrected chi connectivity index (χ2v) is 4.76. The largest absolute Gasteiger partial charge is 0.323 e. The molecule has 0 atom stereocenters. The number of hydrogen-bond donors (Lipinski definition) is 2. The van der Waals surface area contributed by atoms with Crippen molar-refractivity contribution in [1.29, 1.82) is 5.26 Å². The molecule has 3 rings (SSSR count). The third-order valence-electron chi connectivity index (χ3n) is 3.33. The third-order valence-corrected chi connectivity index (χ3v) is 3.33. The molecule has 106 valence electrons. The van der Waals surface area contributed by atoms with E-state index in [9.17, 15) is 4.79 Å². The number of para-hydroxylation sites is 1. The number of urea groups is 1. The van der Waals surface area contributed by atoms with Crippen molar-refractivity contribution in [2.24, 2.45) is 0 Å². The number of nitrogens with one attached hydrogen (secondary N) is 2. The summed E-state index contributed by atoms with van der Waals surface area (Å²) in [6.45, 7) is 0. The third kappa shape index (κ3) is 2.74. The molecule has 4 nitrogen and oxygen atoms in total. The molecular formula is C18H13N3O. The number of benzene rings is 3. The number of nitrogens with zero attached hydrogens (tertiary/aromatic N) is 1. The van der Waals surface area contributed by atoms with Gasteiger partial charge in [-0.25, -0.2) is 4.79 Å². The highest BCUT2D eigenvalue weighted by molar-refractivity contribution is 6.06. The Morgan fingerprint density at radius 1 is 0.818 bits per heavy atom. The molecule has 4 heteroatoms. The first-order valence-corrected chi connectivity index (χ1v) is 6.83. The second kappa shape index (κ2) is 5.98. The van der Waals surface area contributed by atoms with Crippen LogP contribution in [0.1, 0.15) is 5.56 Å². The summed E-state index contributed by atoms with van der Waals surface area (Å²) in [6, 6.07) is 22.1. The Kier molecular flexibility index (Phi) is 3.71. The average Bonchev–Trinajstić information content (AvgIpc) is 2.55. The number of rotatable bonds is 2. The van der Waals surface area contributed by atoms with Crippen LogP contribution in [0, 0.1) is 11.3 Å². The van der Waals surface area contributed by atoms with Gasteiger partial charge in [0.1, 0.15) is 6.07 Å². The van der Waals surface area contributed by atoms with Gasteiger partial charge in [-0.2, -0.15) is 5.26 Å². The standard InChI is InChI=1S/C18H13N3O/c19-12-14-7-2-4-10-16(14)20-18(22)21-17-11-5-8-13-6-1-3-9-15(13)17/h1-11H,(H2,20,21,22). The van der Waals surface area contributed by atoms with Gasteiger partial charge in [-0.05, 0) is 23.6 Å². The van der Waals surface area contributed by atoms with E-state index >= 15 is 0 Å². The maximum absolute atomic E-state index is 12.2. The number of amides is 2. The van der Waals surface area contributed by atoms with Gasteiger partial charge in [0, 0.05) is 5.39 Å². The van der Waals surface area contributed by atoms with E-state index in [1.165, 1.54) is 0 Å². The zero-order chi connectivity index (χ0) is 15.4. The van der Waals surface area contributed by atoms with Gasteiger partial charge in [0.15, 0.2) is 0 Å². The molecule has 3 aromatic rings. The highest BCUT2D eigenvalue weighted by atomic mass is 16.2. The summed E-state index contributed by atoms with van der Waals surface area (Å²) in [5.41, 5.74) is 1.64. The molecule has 0 saturated carbocycles. The summed E-state index contributed by atoms with van der Waals surface area (Å²) in [5, 5.41) is 16.6. The van der Waals surface area contributed by atoms with Gasteiger partial charge >= 0.3 is 6.03 Å². The van der Waals surface area contributed by atoms with Crippen LogP contribution in [0.3, 0.4) is 0 Å². The van der Waals surface area contributed by atoms with Gasteiger partial charge in [0.2, 0.25) is 0 Å². The lowest BCUT2D eigenvalue weighted by Crippen LogP contribution is -2.20. The molecule has 0 fully saturated rings. The lowest BCUT2D eigenvalue weighted by atomic mass is 10.1. The Morgan fingerprint density at radius 2 is 1.45 bits per heavy atom. The first-order valence-electron chi connectivity index (χ1n) is 6.83. The van der Waals surface area contributed by atoms with Crippen LogP contribution in [-0.4, -0.2) is 6.03 Å². The zero-order valence-corrected chi connectivity index (χ0v) is 11.7. The summed E-state index contributed by atoms with van der Waals surface area (Å²) in [4.78, 5) is 12.2. The molecule has 0 unspecified atom stereocenters. The van der Waals surface area contributed by atoms with Gasteiger partial charge in [0.25, 0.3) is 0 Å². The maximum atomic E-state index is 12.2. The fraction of sp³-hybridized carbons (Fsp3) is 0. The molecular weight excluding hydrogens is 274 g/mol. The van der Waals surface area contributed by atoms with Gasteiger partial charge in [-0.15, -0.1) is 0 Å². The van der Waals surface area contributed by atoms with E-state index in [2.05, 4.69) is 16.7 Å². The SMILES string of the molecule is N#Cc1ccccc1NC(=O)Nc1cccc2ccccc12. The van der Waals surface area contributed by atoms with Crippen LogP contribution >= 0.6 is 0 Å². The van der Waals surface area contributed by atoms with E-state index in [0.717, 1.165) is 16.5 Å². The van der Waals surface area contributed by atoms with Crippen LogP contribution in [0.15, 0.2) is 66.7 Å². The Balaban J connectivity index is 1.84. The van der Waals surface area contributed by atoms with Crippen LogP contribution in [-0.2, 0) is 0 Å². The van der Waals surface area contributed by atoms with E-state index in [4.69, 9.17) is 5.26 Å². The average molecular weight is 287 g/mol. The van der Waals surface area contributed by atoms with Crippen molar-refractivity contribution >= 4 is 28.2 Å². The molecule has 2 N–H and O–H groups in total. The summed E-state index contributed by atoms with van der Waals surface area (Å²) < 4.78 is 0. The van der Waals surface area contributed by atoms with Crippen LogP contribution in [0.2, 0.25) is 0 Å². The minimum atomic E-state index is -0.376. The maximum Gasteiger partial charge on any atom is 0.323 e. The number of hydrogen-bond acceptors (Lipinski definition) is 2. The van der Waals surface area contributed by atoms with Gasteiger partial charge in [-0.1, -0.05) is 48.5 Å². The first kappa shape index (κ1) is 13.7. The Labute approximate surface area is 128 Å². The molecule has 0 spiro atoms. The summed E-state index contributed by atoms with van der Waals surface area (Å²) >= 11 is 0. The summed E-state index contributed by atoms with van der Waals surface area (Å²) in [5.74, 6) is 0. The normalized spacial score (nSPS) is 9.95. The molecule has 0 aliphatic carbocycles. The number of fused-ring (bicyclic) bond motifs is 1. The molecule has 0 aliphatic rings. The number of anilines is 2. The quantitative estimate of drug-likeness (QED) is 0.735. The lowest BCUT2D eigenvalue weighted by Gasteiger charge is -2.10. The van der Waals surface area contributed by atoms with E-state index < -0.39 is 0 Å². The summed E-state index contributed by atoms with van der Waals surface area (Å²) in [6.07, 6.45) is 0. The highest BCUT2D eigenvalue weighted by Gasteiger charge is 2.08. The zero-order valence-electron chi connectivity index (χ0n) is 11.7. The van der Waals surface area contributed by atoms with Gasteiger partial charge < -0.3 is 10.6 Å². The van der Waals surface area contributed by atoms with Crippen molar-refractivity contribution in [1.82, 2.24) is 0 Å². The van der Waals surface area contributed by atoms with Crippen LogP contribution in [0.25, 0.3) is 10.8 Å². The molecule has 3 aromatic carbocycles. The monoisotopic (exact) mass is 287 g/mol. The molecule has 2 amide bonds. The predicted molar refractivity (Wildman–Crippen MR) is 87.7 cm³/mol. The van der Waals surface area contributed by atoms with Crippen molar-refractivity contribution in [2.75, 3.05) is 10.6 Å². The molecule has 22 heavy (non-hydrogen) atoms. The fourth-order valence-electron chi connectivity index (χ4n) is 2.30. The van der Waals surface area contributed by atoms with E-state index in [0.29, 0.717) is 11.3 Å². The Morgan fingerprint density at radius 3 is 2.32 bits per heavy atom. The molecule has 0 aromatic heterocycles. The molecule has 0 radical (unpaired) electrons. The summed E-state index contributed by atoms with van der Waals surface area (Å²) in [7, 11) is 0. The molecule has 0 saturated heterocycles. The van der Waals surface area contributed by atoms with Crippen molar-refractivity contribution < 1.29 is 4.79 Å². The minimum Gasteiger partial charge on any atom is -0.307 e. The number of carbonyl (C=O) groups is 1. The van der Waals surface area contributed by atoms with Gasteiger partial charge in [-0.3, -0.25) is 0 Å². The van der Waals surface area contributed by atoms with E-state index in [1.807, 2.05) is 42.5 Å². The van der Waals surface area contributed by atoms with Crippen molar-refractivity contribution in [3.05, 3.63) is 72.3 Å². The fourth-order valence-corrected chi connectivity index (χ4v) is 2.30. The predicted octanol–water partition coefficient (Wildman–Crippen LogP) is 4.36. The Bertz CT molecular complexity index is 875. The van der Waals surface area contributed by atoms with Gasteiger partial charge in [0.05, 0.1) is 16.9 Å². The van der Waals surface area contributed by atoms with Crippen LogP contribution in [0.4, 0.5) is 16.2 Å².